The standard InChI is InChI=1S/C13H16O2.C8H8/c1-2-6-12(13(14)15)10-9-11-7-4-3-5-8-11;1-2-8-6-4-3-5-7-8/h3-5,7-8,10H,2,6,9H2,1H3,(H,14,15);2-7H,1H2. The molecule has 0 radical (unpaired) electrons. The molecule has 0 saturated heterocycles. The molecule has 2 rings (SSSR count). The first-order valence-electron chi connectivity index (χ1n) is 7.81. The largest absolute Gasteiger partial charge is 0.478 e. The Bertz CT molecular complexity index is 613. The third-order valence-corrected chi connectivity index (χ3v) is 3.26. The average molecular weight is 308 g/mol. The first kappa shape index (κ1) is 18.4. The van der Waals surface area contributed by atoms with Gasteiger partial charge in [-0.25, -0.2) is 4.79 Å². The first-order valence-corrected chi connectivity index (χ1v) is 7.81. The summed E-state index contributed by atoms with van der Waals surface area (Å²) in [6.07, 6.45) is 5.85. The van der Waals surface area contributed by atoms with Gasteiger partial charge in [-0.05, 0) is 24.0 Å². The summed E-state index contributed by atoms with van der Waals surface area (Å²) in [5.74, 6) is -0.798. The van der Waals surface area contributed by atoms with Gasteiger partial charge >= 0.3 is 5.97 Å². The molecule has 23 heavy (non-hydrogen) atoms. The van der Waals surface area contributed by atoms with Crippen LogP contribution >= 0.6 is 0 Å². The van der Waals surface area contributed by atoms with E-state index in [0.29, 0.717) is 18.4 Å². The number of allylic oxidation sites excluding steroid dienone is 1. The number of hydrogen-bond donors (Lipinski definition) is 1. The highest BCUT2D eigenvalue weighted by Gasteiger charge is 2.04. The molecule has 1 N–H and O–H groups in total. The molecular weight excluding hydrogens is 284 g/mol. The van der Waals surface area contributed by atoms with Crippen LogP contribution in [0.1, 0.15) is 30.9 Å². The van der Waals surface area contributed by atoms with Gasteiger partial charge in [-0.3, -0.25) is 0 Å². The molecule has 0 fully saturated rings. The molecule has 2 aromatic rings. The van der Waals surface area contributed by atoms with Crippen LogP contribution in [0.2, 0.25) is 0 Å². The Morgan fingerprint density at radius 3 is 2.04 bits per heavy atom. The third kappa shape index (κ3) is 7.82. The zero-order chi connectivity index (χ0) is 16.9. The quantitative estimate of drug-likeness (QED) is 0.728. The Balaban J connectivity index is 0.000000277. The normalized spacial score (nSPS) is 10.4. The summed E-state index contributed by atoms with van der Waals surface area (Å²) >= 11 is 0. The van der Waals surface area contributed by atoms with Crippen LogP contribution in [-0.2, 0) is 11.2 Å². The molecule has 0 aliphatic carbocycles. The topological polar surface area (TPSA) is 37.3 Å². The SMILES string of the molecule is C=Cc1ccccc1.CCCC(=CCc1ccccc1)C(=O)O. The molecule has 120 valence electrons. The fourth-order valence-electron chi connectivity index (χ4n) is 2.01. The number of carboxylic acid groups (broad SMARTS) is 1. The minimum absolute atomic E-state index is 0.515. The lowest BCUT2D eigenvalue weighted by molar-refractivity contribution is -0.132. The lowest BCUT2D eigenvalue weighted by Gasteiger charge is -2.00. The van der Waals surface area contributed by atoms with Gasteiger partial charge < -0.3 is 5.11 Å². The molecule has 0 amide bonds. The monoisotopic (exact) mass is 308 g/mol. The van der Waals surface area contributed by atoms with E-state index in [0.717, 1.165) is 12.0 Å². The van der Waals surface area contributed by atoms with E-state index in [1.54, 1.807) is 6.08 Å². The summed E-state index contributed by atoms with van der Waals surface area (Å²) in [5.41, 5.74) is 2.83. The highest BCUT2D eigenvalue weighted by molar-refractivity contribution is 5.86. The van der Waals surface area contributed by atoms with Crippen molar-refractivity contribution in [2.24, 2.45) is 0 Å². The van der Waals surface area contributed by atoms with Gasteiger partial charge in [0, 0.05) is 5.57 Å². The second kappa shape index (κ2) is 11.0. The molecule has 2 heteroatoms. The summed E-state index contributed by atoms with van der Waals surface area (Å²) in [4.78, 5) is 10.8. The summed E-state index contributed by atoms with van der Waals surface area (Å²) in [5, 5.41) is 8.91. The summed E-state index contributed by atoms with van der Waals surface area (Å²) in [7, 11) is 0. The van der Waals surface area contributed by atoms with E-state index in [2.05, 4.69) is 6.58 Å². The molecule has 0 aromatic heterocycles. The van der Waals surface area contributed by atoms with Crippen LogP contribution < -0.4 is 0 Å². The van der Waals surface area contributed by atoms with Gasteiger partial charge in [-0.1, -0.05) is 92.7 Å². The van der Waals surface area contributed by atoms with Gasteiger partial charge in [0.1, 0.15) is 0 Å². The fourth-order valence-corrected chi connectivity index (χ4v) is 2.01. The van der Waals surface area contributed by atoms with Crippen molar-refractivity contribution in [2.45, 2.75) is 26.2 Å². The summed E-state index contributed by atoms with van der Waals surface area (Å²) in [6.45, 7) is 5.62. The van der Waals surface area contributed by atoms with Crippen molar-refractivity contribution in [1.29, 1.82) is 0 Å². The Labute approximate surface area is 138 Å². The second-order valence-electron chi connectivity index (χ2n) is 5.09. The van der Waals surface area contributed by atoms with Gasteiger partial charge in [0.15, 0.2) is 0 Å². The van der Waals surface area contributed by atoms with Gasteiger partial charge in [0.05, 0.1) is 0 Å². The van der Waals surface area contributed by atoms with E-state index in [1.165, 1.54) is 5.56 Å². The zero-order valence-corrected chi connectivity index (χ0v) is 13.6. The van der Waals surface area contributed by atoms with Crippen LogP contribution in [0.5, 0.6) is 0 Å². The maximum atomic E-state index is 10.8. The minimum Gasteiger partial charge on any atom is -0.478 e. The molecule has 0 atom stereocenters. The van der Waals surface area contributed by atoms with Gasteiger partial charge in [0.2, 0.25) is 0 Å². The van der Waals surface area contributed by atoms with E-state index < -0.39 is 5.97 Å². The lowest BCUT2D eigenvalue weighted by Crippen LogP contribution is -2.00. The van der Waals surface area contributed by atoms with Crippen LogP contribution in [0.25, 0.3) is 6.08 Å². The lowest BCUT2D eigenvalue weighted by atomic mass is 10.1. The van der Waals surface area contributed by atoms with Crippen LogP contribution in [0, 0.1) is 0 Å². The molecule has 2 aromatic carbocycles. The summed E-state index contributed by atoms with van der Waals surface area (Å²) < 4.78 is 0. The number of benzene rings is 2. The number of aliphatic carboxylic acids is 1. The maximum Gasteiger partial charge on any atom is 0.331 e. The number of carboxylic acids is 1. The predicted molar refractivity (Wildman–Crippen MR) is 97.3 cm³/mol. The molecule has 0 aliphatic heterocycles. The van der Waals surface area contributed by atoms with E-state index in [4.69, 9.17) is 5.11 Å². The molecule has 0 heterocycles. The Morgan fingerprint density at radius 2 is 1.61 bits per heavy atom. The molecule has 0 bridgehead atoms. The third-order valence-electron chi connectivity index (χ3n) is 3.26. The molecule has 0 unspecified atom stereocenters. The van der Waals surface area contributed by atoms with E-state index in [1.807, 2.05) is 73.7 Å². The molecule has 0 aliphatic rings. The van der Waals surface area contributed by atoms with Crippen molar-refractivity contribution >= 4 is 12.0 Å². The Hall–Kier alpha value is -2.61. The maximum absolute atomic E-state index is 10.8. The zero-order valence-electron chi connectivity index (χ0n) is 13.6. The van der Waals surface area contributed by atoms with Crippen LogP contribution in [0.15, 0.2) is 78.9 Å². The molecular formula is C21H24O2. The van der Waals surface area contributed by atoms with Crippen molar-refractivity contribution in [2.75, 3.05) is 0 Å². The molecule has 2 nitrogen and oxygen atoms in total. The van der Waals surface area contributed by atoms with Gasteiger partial charge in [-0.15, -0.1) is 0 Å². The van der Waals surface area contributed by atoms with Crippen molar-refractivity contribution in [1.82, 2.24) is 0 Å². The van der Waals surface area contributed by atoms with Crippen LogP contribution in [0.4, 0.5) is 0 Å². The van der Waals surface area contributed by atoms with Crippen molar-refractivity contribution in [3.05, 3.63) is 90.0 Å². The van der Waals surface area contributed by atoms with Crippen molar-refractivity contribution in [3.8, 4) is 0 Å². The summed E-state index contributed by atoms with van der Waals surface area (Å²) in [6, 6.07) is 19.9. The highest BCUT2D eigenvalue weighted by atomic mass is 16.4. The number of rotatable bonds is 6. The second-order valence-corrected chi connectivity index (χ2v) is 5.09. The number of carbonyl (C=O) groups is 1. The Morgan fingerprint density at radius 1 is 1.04 bits per heavy atom. The molecule has 0 saturated carbocycles. The average Bonchev–Trinajstić information content (AvgIpc) is 2.60. The highest BCUT2D eigenvalue weighted by Crippen LogP contribution is 2.08. The van der Waals surface area contributed by atoms with E-state index >= 15 is 0 Å². The molecule has 0 spiro atoms. The smallest absolute Gasteiger partial charge is 0.331 e. The van der Waals surface area contributed by atoms with Crippen molar-refractivity contribution in [3.63, 3.8) is 0 Å². The van der Waals surface area contributed by atoms with Crippen LogP contribution in [0.3, 0.4) is 0 Å². The van der Waals surface area contributed by atoms with Crippen molar-refractivity contribution < 1.29 is 9.90 Å². The minimum atomic E-state index is -0.798. The Kier molecular flexibility index (Phi) is 8.84. The first-order chi connectivity index (χ1) is 11.2. The van der Waals surface area contributed by atoms with Gasteiger partial charge in [-0.2, -0.15) is 0 Å². The number of hydrogen-bond acceptors (Lipinski definition) is 1. The fraction of sp³-hybridized carbons (Fsp3) is 0.190. The van der Waals surface area contributed by atoms with Gasteiger partial charge in [0.25, 0.3) is 0 Å². The van der Waals surface area contributed by atoms with E-state index in [-0.39, 0.29) is 0 Å². The van der Waals surface area contributed by atoms with Crippen LogP contribution in [-0.4, -0.2) is 11.1 Å². The van der Waals surface area contributed by atoms with E-state index in [9.17, 15) is 4.79 Å². The predicted octanol–water partition coefficient (Wildman–Crippen LogP) is 5.37.